The first-order chi connectivity index (χ1) is 11.8. The Balaban J connectivity index is 1.99. The molecule has 6 nitrogen and oxygen atoms in total. The van der Waals surface area contributed by atoms with Gasteiger partial charge in [-0.15, -0.1) is 0 Å². The average Bonchev–Trinajstić information content (AvgIpc) is 3.45. The molecular formula is C17H20N2O4S2. The highest BCUT2D eigenvalue weighted by molar-refractivity contribution is 7.94. The van der Waals surface area contributed by atoms with E-state index in [-0.39, 0.29) is 9.79 Å². The zero-order valence-corrected chi connectivity index (χ0v) is 15.4. The topological polar surface area (TPSA) is 83.6 Å². The van der Waals surface area contributed by atoms with E-state index in [1.807, 2.05) is 0 Å². The van der Waals surface area contributed by atoms with Crippen LogP contribution >= 0.6 is 0 Å². The van der Waals surface area contributed by atoms with Crippen LogP contribution in [-0.4, -0.2) is 30.4 Å². The van der Waals surface area contributed by atoms with Crippen molar-refractivity contribution in [1.29, 1.82) is 0 Å². The molecule has 1 aliphatic carbocycles. The third-order valence-electron chi connectivity index (χ3n) is 4.16. The number of nitrogens with zero attached hydrogens (tertiary/aromatic N) is 1. The van der Waals surface area contributed by atoms with Gasteiger partial charge in [0.25, 0.3) is 10.0 Å². The Hall–Kier alpha value is -1.90. The minimum Gasteiger partial charge on any atom is -0.269 e. The molecule has 0 radical (unpaired) electrons. The van der Waals surface area contributed by atoms with Crippen LogP contribution in [0.4, 0.5) is 5.69 Å². The Kier molecular flexibility index (Phi) is 4.86. The Morgan fingerprint density at radius 2 is 1.48 bits per heavy atom. The van der Waals surface area contributed by atoms with E-state index in [9.17, 15) is 16.8 Å². The summed E-state index contributed by atoms with van der Waals surface area (Å²) in [5.41, 5.74) is 0.459. The highest BCUT2D eigenvalue weighted by Crippen LogP contribution is 2.30. The molecule has 0 spiro atoms. The Labute approximate surface area is 148 Å². The highest BCUT2D eigenvalue weighted by atomic mass is 32.2. The summed E-state index contributed by atoms with van der Waals surface area (Å²) in [7, 11) is -6.51. The number of anilines is 1. The van der Waals surface area contributed by atoms with Crippen LogP contribution in [0.1, 0.15) is 12.8 Å². The van der Waals surface area contributed by atoms with E-state index in [4.69, 9.17) is 0 Å². The lowest BCUT2D eigenvalue weighted by molar-refractivity contribution is 0.569. The van der Waals surface area contributed by atoms with Gasteiger partial charge in [0, 0.05) is 13.6 Å². The lowest BCUT2D eigenvalue weighted by Gasteiger charge is -2.21. The van der Waals surface area contributed by atoms with Gasteiger partial charge in [-0.1, -0.05) is 30.3 Å². The molecule has 1 fully saturated rings. The maximum absolute atomic E-state index is 13.0. The standard InChI is InChI=1S/C17H20N2O4S2/c1-19(15-7-3-2-4-8-15)25(22,23)17-10-6-5-9-16(17)24(20,21)18-13-14-11-12-14/h2-10,14,18H,11-13H2,1H3. The van der Waals surface area contributed by atoms with Crippen LogP contribution in [0.25, 0.3) is 0 Å². The smallest absolute Gasteiger partial charge is 0.265 e. The first-order valence-corrected chi connectivity index (χ1v) is 10.9. The number of hydrogen-bond acceptors (Lipinski definition) is 4. The predicted molar refractivity (Wildman–Crippen MR) is 96.4 cm³/mol. The molecule has 0 aliphatic heterocycles. The predicted octanol–water partition coefficient (Wildman–Crippen LogP) is 2.20. The fraction of sp³-hybridized carbons (Fsp3) is 0.294. The molecule has 0 atom stereocenters. The van der Waals surface area contributed by atoms with E-state index in [1.165, 1.54) is 31.3 Å². The molecule has 0 bridgehead atoms. The zero-order chi connectivity index (χ0) is 18.1. The third kappa shape index (κ3) is 3.86. The van der Waals surface area contributed by atoms with E-state index in [0.29, 0.717) is 18.2 Å². The monoisotopic (exact) mass is 380 g/mol. The van der Waals surface area contributed by atoms with Crippen molar-refractivity contribution in [3.63, 3.8) is 0 Å². The maximum atomic E-state index is 13.0. The number of benzene rings is 2. The average molecular weight is 380 g/mol. The van der Waals surface area contributed by atoms with Gasteiger partial charge < -0.3 is 0 Å². The molecule has 8 heteroatoms. The molecule has 2 aromatic rings. The van der Waals surface area contributed by atoms with Gasteiger partial charge in [-0.25, -0.2) is 21.6 Å². The summed E-state index contributed by atoms with van der Waals surface area (Å²) in [6.45, 7) is 0.339. The molecule has 25 heavy (non-hydrogen) atoms. The zero-order valence-electron chi connectivity index (χ0n) is 13.8. The Bertz CT molecular complexity index is 953. The Morgan fingerprint density at radius 3 is 2.08 bits per heavy atom. The van der Waals surface area contributed by atoms with Crippen LogP contribution in [0.2, 0.25) is 0 Å². The van der Waals surface area contributed by atoms with Crippen molar-refractivity contribution in [1.82, 2.24) is 4.72 Å². The third-order valence-corrected chi connectivity index (χ3v) is 7.61. The van der Waals surface area contributed by atoms with Crippen LogP contribution in [0.15, 0.2) is 64.4 Å². The van der Waals surface area contributed by atoms with Crippen molar-refractivity contribution in [3.8, 4) is 0 Å². The van der Waals surface area contributed by atoms with E-state index in [1.54, 1.807) is 30.3 Å². The van der Waals surface area contributed by atoms with Crippen molar-refractivity contribution >= 4 is 25.7 Å². The van der Waals surface area contributed by atoms with Crippen LogP contribution in [0.5, 0.6) is 0 Å². The van der Waals surface area contributed by atoms with Crippen LogP contribution < -0.4 is 9.03 Å². The highest BCUT2D eigenvalue weighted by Gasteiger charge is 2.31. The van der Waals surface area contributed by atoms with Crippen molar-refractivity contribution in [2.24, 2.45) is 5.92 Å². The van der Waals surface area contributed by atoms with E-state index in [0.717, 1.165) is 17.1 Å². The van der Waals surface area contributed by atoms with Gasteiger partial charge in [0.05, 0.1) is 5.69 Å². The van der Waals surface area contributed by atoms with E-state index >= 15 is 0 Å². The number of sulfonamides is 2. The van der Waals surface area contributed by atoms with Gasteiger partial charge in [0.15, 0.2) is 0 Å². The Morgan fingerprint density at radius 1 is 0.920 bits per heavy atom. The summed E-state index contributed by atoms with van der Waals surface area (Å²) in [6.07, 6.45) is 2.00. The molecule has 0 unspecified atom stereocenters. The van der Waals surface area contributed by atoms with E-state index < -0.39 is 20.0 Å². The second-order valence-electron chi connectivity index (χ2n) is 6.05. The lowest BCUT2D eigenvalue weighted by atomic mass is 10.3. The minimum absolute atomic E-state index is 0.224. The fourth-order valence-corrected chi connectivity index (χ4v) is 5.55. The van der Waals surface area contributed by atoms with Gasteiger partial charge in [0.2, 0.25) is 10.0 Å². The van der Waals surface area contributed by atoms with Crippen molar-refractivity contribution in [2.75, 3.05) is 17.9 Å². The normalized spacial score (nSPS) is 15.1. The largest absolute Gasteiger partial charge is 0.269 e. The molecule has 3 rings (SSSR count). The van der Waals surface area contributed by atoms with Gasteiger partial charge in [-0.3, -0.25) is 4.31 Å². The number of para-hydroxylation sites is 1. The first-order valence-electron chi connectivity index (χ1n) is 7.95. The summed E-state index contributed by atoms with van der Waals surface area (Å²) in [5, 5.41) is 0. The molecule has 1 saturated carbocycles. The quantitative estimate of drug-likeness (QED) is 0.798. The van der Waals surface area contributed by atoms with Crippen molar-refractivity contribution in [3.05, 3.63) is 54.6 Å². The number of nitrogens with one attached hydrogen (secondary N) is 1. The van der Waals surface area contributed by atoms with Gasteiger partial charge in [0.1, 0.15) is 9.79 Å². The first kappa shape index (κ1) is 17.9. The second kappa shape index (κ2) is 6.78. The summed E-state index contributed by atoms with van der Waals surface area (Å²) in [5.74, 6) is 0.352. The molecule has 0 heterocycles. The summed E-state index contributed by atoms with van der Waals surface area (Å²) in [4.78, 5) is -0.455. The SMILES string of the molecule is CN(c1ccccc1)S(=O)(=O)c1ccccc1S(=O)(=O)NCC1CC1. The number of hydrogen-bond donors (Lipinski definition) is 1. The molecule has 0 saturated heterocycles. The fourth-order valence-electron chi connectivity index (χ4n) is 2.44. The molecule has 1 N–H and O–H groups in total. The van der Waals surface area contributed by atoms with Gasteiger partial charge in [-0.05, 0) is 43.0 Å². The second-order valence-corrected chi connectivity index (χ2v) is 9.72. The summed E-state index contributed by atoms with van der Waals surface area (Å²) < 4.78 is 54.8. The molecule has 2 aromatic carbocycles. The molecular weight excluding hydrogens is 360 g/mol. The summed E-state index contributed by atoms with van der Waals surface area (Å²) >= 11 is 0. The molecule has 0 amide bonds. The molecule has 1 aliphatic rings. The van der Waals surface area contributed by atoms with Gasteiger partial charge in [-0.2, -0.15) is 0 Å². The summed E-state index contributed by atoms with van der Waals surface area (Å²) in [6, 6.07) is 14.2. The van der Waals surface area contributed by atoms with Crippen molar-refractivity contribution < 1.29 is 16.8 Å². The van der Waals surface area contributed by atoms with Crippen LogP contribution in [-0.2, 0) is 20.0 Å². The lowest BCUT2D eigenvalue weighted by Crippen LogP contribution is -2.31. The van der Waals surface area contributed by atoms with Crippen LogP contribution in [0.3, 0.4) is 0 Å². The van der Waals surface area contributed by atoms with E-state index in [2.05, 4.69) is 4.72 Å². The number of rotatable bonds is 7. The minimum atomic E-state index is -4.01. The molecule has 134 valence electrons. The maximum Gasteiger partial charge on any atom is 0.265 e. The van der Waals surface area contributed by atoms with Gasteiger partial charge >= 0.3 is 0 Å². The molecule has 0 aromatic heterocycles. The van der Waals surface area contributed by atoms with Crippen LogP contribution in [0, 0.1) is 5.92 Å². The van der Waals surface area contributed by atoms with Crippen molar-refractivity contribution in [2.45, 2.75) is 22.6 Å².